The quantitative estimate of drug-likeness (QED) is 0.202. The fourth-order valence-electron chi connectivity index (χ4n) is 5.30. The Bertz CT molecular complexity index is 1570. The van der Waals surface area contributed by atoms with Gasteiger partial charge in [-0.25, -0.2) is 18.7 Å². The van der Waals surface area contributed by atoms with Gasteiger partial charge in [0.15, 0.2) is 5.72 Å². The van der Waals surface area contributed by atoms with Gasteiger partial charge in [-0.3, -0.25) is 4.98 Å². The fourth-order valence-corrected chi connectivity index (χ4v) is 6.51. The average molecular weight is 571 g/mol. The molecule has 1 fully saturated rings. The van der Waals surface area contributed by atoms with E-state index in [4.69, 9.17) is 4.98 Å². The van der Waals surface area contributed by atoms with Crippen molar-refractivity contribution in [3.05, 3.63) is 58.5 Å². The summed E-state index contributed by atoms with van der Waals surface area (Å²) >= 11 is 1.41. The molecule has 3 atom stereocenters. The van der Waals surface area contributed by atoms with E-state index in [9.17, 15) is 24.1 Å². The maximum Gasteiger partial charge on any atom is 0.225 e. The lowest BCUT2D eigenvalue weighted by Crippen LogP contribution is -2.51. The molecule has 0 spiro atoms. The standard InChI is InChI=1S/C28H32F2N6O3S/c1-13-11-20-22(15(3)32-13)34-25(40-20)21-14(2)33-26(31-12-16-18(29)7-6-8-19(16)30)35-24(21)36-28(39)10-9-17(23(28)37)27(4,5)38/h6-8,11,17,23,37-39H,9-10,12H2,1-5H3,(H2,31,33,35,36). The highest BCUT2D eigenvalue weighted by Gasteiger charge is 2.52. The van der Waals surface area contributed by atoms with E-state index < -0.39 is 35.0 Å². The maximum atomic E-state index is 14.2. The van der Waals surface area contributed by atoms with E-state index in [1.807, 2.05) is 19.9 Å². The van der Waals surface area contributed by atoms with Gasteiger partial charge in [-0.05, 0) is 65.7 Å². The number of hydrogen-bond acceptors (Lipinski definition) is 10. The first-order chi connectivity index (χ1) is 18.8. The zero-order valence-electron chi connectivity index (χ0n) is 22.9. The smallest absolute Gasteiger partial charge is 0.225 e. The number of pyridine rings is 1. The Balaban J connectivity index is 1.58. The van der Waals surface area contributed by atoms with Gasteiger partial charge in [-0.1, -0.05) is 6.07 Å². The van der Waals surface area contributed by atoms with Crippen molar-refractivity contribution in [1.82, 2.24) is 19.9 Å². The van der Waals surface area contributed by atoms with Crippen LogP contribution < -0.4 is 10.6 Å². The van der Waals surface area contributed by atoms with Crippen molar-refractivity contribution < 1.29 is 24.1 Å². The average Bonchev–Trinajstić information content (AvgIpc) is 3.39. The monoisotopic (exact) mass is 570 g/mol. The molecule has 0 radical (unpaired) electrons. The van der Waals surface area contributed by atoms with Gasteiger partial charge in [-0.15, -0.1) is 11.3 Å². The van der Waals surface area contributed by atoms with Crippen molar-refractivity contribution in [3.63, 3.8) is 0 Å². The zero-order valence-corrected chi connectivity index (χ0v) is 23.7. The summed E-state index contributed by atoms with van der Waals surface area (Å²) in [6, 6.07) is 5.57. The van der Waals surface area contributed by atoms with Crippen LogP contribution in [0.1, 0.15) is 49.3 Å². The first-order valence-corrected chi connectivity index (χ1v) is 13.8. The van der Waals surface area contributed by atoms with Crippen LogP contribution in [0.3, 0.4) is 0 Å². The van der Waals surface area contributed by atoms with Crippen LogP contribution in [0, 0.1) is 38.3 Å². The molecule has 0 amide bonds. The number of aliphatic hydroxyl groups is 3. The van der Waals surface area contributed by atoms with Crippen LogP contribution in [0.5, 0.6) is 0 Å². The minimum atomic E-state index is -1.81. The molecule has 1 aromatic carbocycles. The van der Waals surface area contributed by atoms with Crippen molar-refractivity contribution in [2.45, 2.75) is 71.4 Å². The summed E-state index contributed by atoms with van der Waals surface area (Å²) in [5.74, 6) is -1.74. The largest absolute Gasteiger partial charge is 0.390 e. The van der Waals surface area contributed by atoms with Gasteiger partial charge in [0.25, 0.3) is 0 Å². The number of anilines is 2. The van der Waals surface area contributed by atoms with E-state index in [2.05, 4.69) is 25.6 Å². The third-order valence-corrected chi connectivity index (χ3v) is 8.44. The minimum Gasteiger partial charge on any atom is -0.390 e. The van der Waals surface area contributed by atoms with Crippen molar-refractivity contribution in [2.24, 2.45) is 5.92 Å². The van der Waals surface area contributed by atoms with E-state index in [0.29, 0.717) is 22.7 Å². The van der Waals surface area contributed by atoms with E-state index in [-0.39, 0.29) is 30.3 Å². The predicted molar refractivity (Wildman–Crippen MR) is 150 cm³/mol. The molecular formula is C28H32F2N6O3S. The van der Waals surface area contributed by atoms with Crippen LogP contribution >= 0.6 is 11.3 Å². The maximum absolute atomic E-state index is 14.2. The Morgan fingerprint density at radius 1 is 1.07 bits per heavy atom. The number of thiazole rings is 1. The molecule has 212 valence electrons. The summed E-state index contributed by atoms with van der Waals surface area (Å²) in [6.07, 6.45) is -0.781. The first-order valence-electron chi connectivity index (χ1n) is 13.0. The molecule has 4 aromatic rings. The van der Waals surface area contributed by atoms with Gasteiger partial charge < -0.3 is 26.0 Å². The molecule has 3 aromatic heterocycles. The molecule has 9 nitrogen and oxygen atoms in total. The minimum absolute atomic E-state index is 0.0660. The van der Waals surface area contributed by atoms with Crippen LogP contribution in [-0.4, -0.2) is 52.7 Å². The Morgan fingerprint density at radius 2 is 1.77 bits per heavy atom. The molecule has 5 N–H and O–H groups in total. The Labute approximate surface area is 234 Å². The van der Waals surface area contributed by atoms with E-state index in [1.54, 1.807) is 20.8 Å². The summed E-state index contributed by atoms with van der Waals surface area (Å²) in [5.41, 5.74) is 0.168. The van der Waals surface area contributed by atoms with Crippen molar-refractivity contribution in [2.75, 3.05) is 10.6 Å². The molecule has 3 heterocycles. The number of aryl methyl sites for hydroxylation is 3. The van der Waals surface area contributed by atoms with Crippen LogP contribution in [0.2, 0.25) is 0 Å². The summed E-state index contributed by atoms with van der Waals surface area (Å²) in [4.78, 5) is 18.4. The second kappa shape index (κ2) is 10.3. The van der Waals surface area contributed by atoms with E-state index in [0.717, 1.165) is 21.6 Å². The second-order valence-electron chi connectivity index (χ2n) is 10.9. The number of nitrogens with zero attached hydrogens (tertiary/aromatic N) is 4. The number of halogens is 2. The normalized spacial score (nSPS) is 21.2. The molecule has 1 saturated carbocycles. The van der Waals surface area contributed by atoms with Crippen LogP contribution in [0.25, 0.3) is 20.8 Å². The summed E-state index contributed by atoms with van der Waals surface area (Å²) in [6.45, 7) is 8.50. The summed E-state index contributed by atoms with van der Waals surface area (Å²) in [5, 5.41) is 39.6. The highest BCUT2D eigenvalue weighted by molar-refractivity contribution is 7.21. The summed E-state index contributed by atoms with van der Waals surface area (Å²) < 4.78 is 29.4. The molecule has 0 aliphatic heterocycles. The molecule has 0 bridgehead atoms. The third-order valence-electron chi connectivity index (χ3n) is 7.42. The zero-order chi connectivity index (χ0) is 29.0. The van der Waals surface area contributed by atoms with Crippen molar-refractivity contribution in [1.29, 1.82) is 0 Å². The summed E-state index contributed by atoms with van der Waals surface area (Å²) in [7, 11) is 0. The van der Waals surface area contributed by atoms with Crippen LogP contribution in [0.15, 0.2) is 24.3 Å². The van der Waals surface area contributed by atoms with Crippen LogP contribution in [-0.2, 0) is 6.54 Å². The van der Waals surface area contributed by atoms with Gasteiger partial charge in [0.05, 0.1) is 27.3 Å². The number of hydrogen-bond donors (Lipinski definition) is 5. The van der Waals surface area contributed by atoms with Gasteiger partial charge in [0, 0.05) is 23.7 Å². The predicted octanol–water partition coefficient (Wildman–Crippen LogP) is 4.61. The topological polar surface area (TPSA) is 136 Å². The molecule has 0 saturated heterocycles. The number of aliphatic hydroxyl groups excluding tert-OH is 1. The highest BCUT2D eigenvalue weighted by atomic mass is 32.1. The number of fused-ring (bicyclic) bond motifs is 1. The molecule has 40 heavy (non-hydrogen) atoms. The van der Waals surface area contributed by atoms with Crippen molar-refractivity contribution >= 4 is 33.3 Å². The van der Waals surface area contributed by atoms with Crippen molar-refractivity contribution in [3.8, 4) is 10.6 Å². The lowest BCUT2D eigenvalue weighted by molar-refractivity contribution is -0.0926. The number of nitrogens with one attached hydrogen (secondary N) is 2. The molecule has 5 rings (SSSR count). The molecule has 3 unspecified atom stereocenters. The van der Waals surface area contributed by atoms with Gasteiger partial charge >= 0.3 is 0 Å². The molecule has 1 aliphatic carbocycles. The second-order valence-corrected chi connectivity index (χ2v) is 11.9. The number of benzene rings is 1. The molecule has 12 heteroatoms. The van der Waals surface area contributed by atoms with E-state index >= 15 is 0 Å². The third kappa shape index (κ3) is 5.24. The lowest BCUT2D eigenvalue weighted by atomic mass is 9.87. The van der Waals surface area contributed by atoms with Gasteiger partial charge in [0.1, 0.15) is 34.1 Å². The SMILES string of the molecule is Cc1cc2sc(-c3c(C)nc(NCc4c(F)cccc4F)nc3NC3(O)CCC(C(C)(C)O)C3O)nc2c(C)n1. The van der Waals surface area contributed by atoms with Gasteiger partial charge in [-0.2, -0.15) is 4.98 Å². The number of aromatic nitrogens is 4. The molecular weight excluding hydrogens is 538 g/mol. The Morgan fingerprint density at radius 3 is 2.42 bits per heavy atom. The van der Waals surface area contributed by atoms with Crippen LogP contribution in [0.4, 0.5) is 20.5 Å². The first kappa shape index (κ1) is 28.2. The molecule has 1 aliphatic rings. The highest BCUT2D eigenvalue weighted by Crippen LogP contribution is 2.43. The Kier molecular flexibility index (Phi) is 7.24. The Hall–Kier alpha value is -3.32. The lowest BCUT2D eigenvalue weighted by Gasteiger charge is -2.34. The van der Waals surface area contributed by atoms with Gasteiger partial charge in [0.2, 0.25) is 5.95 Å². The van der Waals surface area contributed by atoms with E-state index in [1.165, 1.54) is 29.5 Å². The fraction of sp³-hybridized carbons (Fsp3) is 0.429. The number of rotatable bonds is 7.